The molecule has 0 fully saturated rings. The first-order valence-corrected chi connectivity index (χ1v) is 8.95. The summed E-state index contributed by atoms with van der Waals surface area (Å²) < 4.78 is 0. The van der Waals surface area contributed by atoms with Crippen LogP contribution in [-0.2, 0) is 6.42 Å². The van der Waals surface area contributed by atoms with Gasteiger partial charge in [-0.2, -0.15) is 5.26 Å². The van der Waals surface area contributed by atoms with E-state index >= 15 is 0 Å². The van der Waals surface area contributed by atoms with Crippen molar-refractivity contribution in [3.8, 4) is 6.07 Å². The number of nitrogens with zero attached hydrogens (tertiary/aromatic N) is 1. The highest BCUT2D eigenvalue weighted by Gasteiger charge is 2.17. The zero-order valence-corrected chi connectivity index (χ0v) is 16.0. The Kier molecular flexibility index (Phi) is 6.19. The average molecular weight is 398 g/mol. The number of halogens is 2. The molecule has 1 aromatic carbocycles. The number of amides is 1. The standard InChI is InChI=1S/C16H13Cl2N3OS2/c1-3-10-8(2)24-15(12(10)7-19)21-16(23)20-14(22)11-5-4-9(17)6-13(11)18/h4-6H,3H2,1-2H3,(H2,20,21,22,23). The number of thiocarbonyl (C=S) groups is 1. The highest BCUT2D eigenvalue weighted by atomic mass is 35.5. The van der Waals surface area contributed by atoms with Crippen LogP contribution in [0.2, 0.25) is 10.0 Å². The second-order valence-corrected chi connectivity index (χ2v) is 7.32. The molecule has 1 amide bonds. The van der Waals surface area contributed by atoms with E-state index in [1.54, 1.807) is 6.07 Å². The molecule has 1 heterocycles. The van der Waals surface area contributed by atoms with E-state index in [0.29, 0.717) is 15.6 Å². The van der Waals surface area contributed by atoms with E-state index in [2.05, 4.69) is 16.7 Å². The minimum Gasteiger partial charge on any atom is -0.323 e. The molecule has 2 rings (SSSR count). The number of rotatable bonds is 3. The van der Waals surface area contributed by atoms with Crippen molar-refractivity contribution in [1.29, 1.82) is 5.26 Å². The predicted molar refractivity (Wildman–Crippen MR) is 103 cm³/mol. The number of thiophene rings is 1. The molecule has 0 saturated carbocycles. The summed E-state index contributed by atoms with van der Waals surface area (Å²) in [6.07, 6.45) is 0.756. The zero-order chi connectivity index (χ0) is 17.9. The van der Waals surface area contributed by atoms with Gasteiger partial charge in [0.25, 0.3) is 5.91 Å². The van der Waals surface area contributed by atoms with Crippen LogP contribution in [0.15, 0.2) is 18.2 Å². The fraction of sp³-hybridized carbons (Fsp3) is 0.188. The zero-order valence-electron chi connectivity index (χ0n) is 12.9. The summed E-state index contributed by atoms with van der Waals surface area (Å²) in [6.45, 7) is 3.94. The first-order chi connectivity index (χ1) is 11.4. The van der Waals surface area contributed by atoms with Gasteiger partial charge in [0.15, 0.2) is 5.11 Å². The average Bonchev–Trinajstić information content (AvgIpc) is 2.81. The third-order valence-corrected chi connectivity index (χ3v) is 5.12. The van der Waals surface area contributed by atoms with Gasteiger partial charge in [0.2, 0.25) is 0 Å². The molecule has 0 aliphatic heterocycles. The molecule has 0 unspecified atom stereocenters. The molecule has 0 spiro atoms. The van der Waals surface area contributed by atoms with Crippen molar-refractivity contribution in [2.24, 2.45) is 0 Å². The number of hydrogen-bond donors (Lipinski definition) is 2. The Morgan fingerprint density at radius 1 is 1.42 bits per heavy atom. The quantitative estimate of drug-likeness (QED) is 0.720. The maximum Gasteiger partial charge on any atom is 0.258 e. The summed E-state index contributed by atoms with van der Waals surface area (Å²) in [7, 11) is 0. The van der Waals surface area contributed by atoms with Crippen LogP contribution < -0.4 is 10.6 Å². The number of nitrogens with one attached hydrogen (secondary N) is 2. The summed E-state index contributed by atoms with van der Waals surface area (Å²) in [5, 5.41) is 16.2. The molecule has 0 atom stereocenters. The van der Waals surface area contributed by atoms with Crippen LogP contribution in [0.3, 0.4) is 0 Å². The summed E-state index contributed by atoms with van der Waals surface area (Å²) in [6, 6.07) is 6.76. The van der Waals surface area contributed by atoms with Gasteiger partial charge < -0.3 is 5.32 Å². The number of aryl methyl sites for hydroxylation is 1. The molecule has 2 aromatic rings. The smallest absolute Gasteiger partial charge is 0.258 e. The van der Waals surface area contributed by atoms with E-state index < -0.39 is 5.91 Å². The highest BCUT2D eigenvalue weighted by Crippen LogP contribution is 2.32. The van der Waals surface area contributed by atoms with Crippen LogP contribution in [-0.4, -0.2) is 11.0 Å². The first kappa shape index (κ1) is 18.7. The van der Waals surface area contributed by atoms with Gasteiger partial charge in [-0.05, 0) is 49.3 Å². The van der Waals surface area contributed by atoms with Gasteiger partial charge in [0.05, 0.1) is 16.1 Å². The van der Waals surface area contributed by atoms with E-state index in [9.17, 15) is 10.1 Å². The van der Waals surface area contributed by atoms with Crippen LogP contribution >= 0.6 is 46.8 Å². The van der Waals surface area contributed by atoms with Crippen molar-refractivity contribution in [2.45, 2.75) is 20.3 Å². The van der Waals surface area contributed by atoms with Gasteiger partial charge in [0, 0.05) is 9.90 Å². The third kappa shape index (κ3) is 4.05. The molecule has 1 aromatic heterocycles. The first-order valence-electron chi connectivity index (χ1n) is 6.97. The number of anilines is 1. The summed E-state index contributed by atoms with van der Waals surface area (Å²) >= 11 is 18.4. The molecule has 8 heteroatoms. The number of nitriles is 1. The van der Waals surface area contributed by atoms with Crippen molar-refractivity contribution >= 4 is 62.8 Å². The Bertz CT molecular complexity index is 856. The molecule has 0 aliphatic rings. The predicted octanol–water partition coefficient (Wildman–Crippen LogP) is 4.92. The largest absolute Gasteiger partial charge is 0.323 e. The normalized spacial score (nSPS) is 10.1. The Morgan fingerprint density at radius 3 is 2.71 bits per heavy atom. The van der Waals surface area contributed by atoms with Crippen molar-refractivity contribution < 1.29 is 4.79 Å². The Labute approximate surface area is 159 Å². The van der Waals surface area contributed by atoms with E-state index in [4.69, 9.17) is 35.4 Å². The maximum atomic E-state index is 12.2. The van der Waals surface area contributed by atoms with Gasteiger partial charge in [-0.1, -0.05) is 30.1 Å². The van der Waals surface area contributed by atoms with Crippen LogP contribution in [0.5, 0.6) is 0 Å². The van der Waals surface area contributed by atoms with Crippen molar-refractivity contribution in [1.82, 2.24) is 5.32 Å². The molecule has 24 heavy (non-hydrogen) atoms. The van der Waals surface area contributed by atoms with Gasteiger partial charge in [-0.15, -0.1) is 11.3 Å². The Hall–Kier alpha value is -1.65. The topological polar surface area (TPSA) is 64.9 Å². The van der Waals surface area contributed by atoms with E-state index in [1.807, 2.05) is 13.8 Å². The fourth-order valence-corrected chi connectivity index (χ4v) is 4.04. The Morgan fingerprint density at radius 2 is 2.12 bits per heavy atom. The van der Waals surface area contributed by atoms with Crippen molar-refractivity contribution in [3.63, 3.8) is 0 Å². The monoisotopic (exact) mass is 397 g/mol. The van der Waals surface area contributed by atoms with E-state index in [0.717, 1.165) is 16.9 Å². The number of benzene rings is 1. The molecule has 4 nitrogen and oxygen atoms in total. The van der Waals surface area contributed by atoms with Gasteiger partial charge in [0.1, 0.15) is 11.1 Å². The fourth-order valence-electron chi connectivity index (χ4n) is 2.19. The van der Waals surface area contributed by atoms with Crippen LogP contribution in [0.25, 0.3) is 0 Å². The molecule has 124 valence electrons. The lowest BCUT2D eigenvalue weighted by Gasteiger charge is -2.09. The molecule has 0 aliphatic carbocycles. The van der Waals surface area contributed by atoms with Crippen molar-refractivity contribution in [2.75, 3.05) is 5.32 Å². The van der Waals surface area contributed by atoms with E-state index in [-0.39, 0.29) is 15.7 Å². The molecule has 2 N–H and O–H groups in total. The number of hydrogen-bond acceptors (Lipinski definition) is 4. The van der Waals surface area contributed by atoms with Gasteiger partial charge >= 0.3 is 0 Å². The molecule has 0 saturated heterocycles. The minimum atomic E-state index is -0.448. The van der Waals surface area contributed by atoms with Crippen molar-refractivity contribution in [3.05, 3.63) is 49.8 Å². The van der Waals surface area contributed by atoms with Gasteiger partial charge in [-0.25, -0.2) is 0 Å². The molecule has 0 bridgehead atoms. The summed E-state index contributed by atoms with van der Waals surface area (Å²) in [5.74, 6) is -0.448. The highest BCUT2D eigenvalue weighted by molar-refractivity contribution is 7.80. The lowest BCUT2D eigenvalue weighted by atomic mass is 10.1. The lowest BCUT2D eigenvalue weighted by Crippen LogP contribution is -2.34. The van der Waals surface area contributed by atoms with E-state index in [1.165, 1.54) is 23.5 Å². The second-order valence-electron chi connectivity index (χ2n) is 4.84. The second kappa shape index (κ2) is 7.95. The molecular formula is C16H13Cl2N3OS2. The molecular weight excluding hydrogens is 385 g/mol. The lowest BCUT2D eigenvalue weighted by molar-refractivity contribution is 0.0978. The minimum absolute atomic E-state index is 0.103. The number of carbonyl (C=O) groups is 1. The Balaban J connectivity index is 2.14. The summed E-state index contributed by atoms with van der Waals surface area (Å²) in [4.78, 5) is 13.3. The number of carbonyl (C=O) groups excluding carboxylic acids is 1. The van der Waals surface area contributed by atoms with Crippen LogP contribution in [0.1, 0.15) is 33.3 Å². The third-order valence-electron chi connectivity index (χ3n) is 3.30. The van der Waals surface area contributed by atoms with Crippen LogP contribution in [0, 0.1) is 18.3 Å². The van der Waals surface area contributed by atoms with Crippen LogP contribution in [0.4, 0.5) is 5.00 Å². The molecule has 0 radical (unpaired) electrons. The SMILES string of the molecule is CCc1c(C)sc(NC(=S)NC(=O)c2ccc(Cl)cc2Cl)c1C#N. The maximum absolute atomic E-state index is 12.2. The van der Waals surface area contributed by atoms with Gasteiger partial charge in [-0.3, -0.25) is 10.1 Å². The summed E-state index contributed by atoms with van der Waals surface area (Å²) in [5.41, 5.74) is 1.81.